The van der Waals surface area contributed by atoms with Gasteiger partial charge >= 0.3 is 12.1 Å². The third-order valence-corrected chi connectivity index (χ3v) is 10.7. The van der Waals surface area contributed by atoms with E-state index in [2.05, 4.69) is 4.98 Å². The molecule has 4 heterocycles. The first-order valence-corrected chi connectivity index (χ1v) is 18.1. The van der Waals surface area contributed by atoms with Gasteiger partial charge in [-0.1, -0.05) is 38.5 Å². The quantitative estimate of drug-likeness (QED) is 0.211. The first-order valence-electron chi connectivity index (χ1n) is 17.2. The van der Waals surface area contributed by atoms with Crippen LogP contribution in [0.4, 0.5) is 13.2 Å². The molecule has 0 aliphatic carbocycles. The first-order chi connectivity index (χ1) is 24.2. The molecule has 2 saturated heterocycles. The second-order valence-electron chi connectivity index (χ2n) is 13.4. The molecule has 0 spiro atoms. The highest BCUT2D eigenvalue weighted by molar-refractivity contribution is 7.10. The van der Waals surface area contributed by atoms with Crippen molar-refractivity contribution in [2.75, 3.05) is 26.2 Å². The van der Waals surface area contributed by atoms with Gasteiger partial charge in [-0.15, -0.1) is 11.3 Å². The molecule has 2 amide bonds. The minimum absolute atomic E-state index is 0.137. The van der Waals surface area contributed by atoms with E-state index in [0.29, 0.717) is 36.3 Å². The fourth-order valence-corrected chi connectivity index (χ4v) is 7.72. The number of amides is 2. The molecule has 2 N–H and O–H groups in total. The van der Waals surface area contributed by atoms with Crippen LogP contribution in [0, 0.1) is 12.8 Å². The SMILES string of the molecule is CCC[C@H]1N(C(=O)c2cnccc2C(F)(F)F)CCC[C@@]1(Oc1csc(C)c1)C(=O)N1CCC(O)(c2ccccc2OCCC(C)C(=O)O)CC1. The zero-order chi connectivity index (χ0) is 37.0. The van der Waals surface area contributed by atoms with E-state index in [-0.39, 0.29) is 51.9 Å². The van der Waals surface area contributed by atoms with Gasteiger partial charge in [-0.05, 0) is 57.2 Å². The van der Waals surface area contributed by atoms with Crippen molar-refractivity contribution in [1.29, 1.82) is 0 Å². The average Bonchev–Trinajstić information content (AvgIpc) is 3.52. The molecule has 0 bridgehead atoms. The van der Waals surface area contributed by atoms with Crippen LogP contribution in [0.25, 0.3) is 0 Å². The van der Waals surface area contributed by atoms with Crippen LogP contribution in [0.15, 0.2) is 54.2 Å². The number of rotatable bonds is 12. The van der Waals surface area contributed by atoms with Gasteiger partial charge in [0, 0.05) is 54.3 Å². The number of carbonyl (C=O) groups excluding carboxylic acids is 2. The van der Waals surface area contributed by atoms with Gasteiger partial charge in [-0.3, -0.25) is 19.4 Å². The monoisotopic (exact) mass is 731 g/mol. The van der Waals surface area contributed by atoms with Crippen LogP contribution >= 0.6 is 11.3 Å². The number of carbonyl (C=O) groups is 3. The lowest BCUT2D eigenvalue weighted by molar-refractivity contribution is -0.163. The van der Waals surface area contributed by atoms with E-state index in [1.54, 1.807) is 47.5 Å². The number of aliphatic hydroxyl groups is 1. The van der Waals surface area contributed by atoms with Crippen molar-refractivity contribution in [3.05, 3.63) is 75.7 Å². The molecule has 2 aliphatic rings. The third-order valence-electron chi connectivity index (χ3n) is 9.91. The van der Waals surface area contributed by atoms with E-state index in [0.717, 1.165) is 23.3 Å². The summed E-state index contributed by atoms with van der Waals surface area (Å²) in [5, 5.41) is 22.9. The minimum atomic E-state index is -4.78. The number of hydrogen-bond acceptors (Lipinski definition) is 8. The Balaban J connectivity index is 1.44. The zero-order valence-corrected chi connectivity index (χ0v) is 29.8. The minimum Gasteiger partial charge on any atom is -0.493 e. The lowest BCUT2D eigenvalue weighted by Crippen LogP contribution is -2.68. The van der Waals surface area contributed by atoms with Gasteiger partial charge in [0.2, 0.25) is 5.60 Å². The number of benzene rings is 1. The molecule has 1 aromatic carbocycles. The van der Waals surface area contributed by atoms with Gasteiger partial charge in [0.05, 0.1) is 35.3 Å². The number of likely N-dealkylation sites (tertiary alicyclic amines) is 2. The molecule has 1 unspecified atom stereocenters. The predicted octanol–water partition coefficient (Wildman–Crippen LogP) is 6.69. The molecule has 10 nitrogen and oxygen atoms in total. The van der Waals surface area contributed by atoms with Gasteiger partial charge in [0.1, 0.15) is 11.5 Å². The second-order valence-corrected chi connectivity index (χ2v) is 14.5. The average molecular weight is 732 g/mol. The number of aliphatic carboxylic acids is 1. The summed E-state index contributed by atoms with van der Waals surface area (Å²) in [5.41, 5.74) is -4.09. The van der Waals surface area contributed by atoms with E-state index in [1.807, 2.05) is 13.8 Å². The summed E-state index contributed by atoms with van der Waals surface area (Å²) < 4.78 is 54.7. The van der Waals surface area contributed by atoms with Gasteiger partial charge in [0.25, 0.3) is 11.8 Å². The number of carboxylic acid groups (broad SMARTS) is 1. The second kappa shape index (κ2) is 15.6. The van der Waals surface area contributed by atoms with Crippen LogP contribution in [0.5, 0.6) is 11.5 Å². The Labute approximate surface area is 299 Å². The Morgan fingerprint density at radius 3 is 2.49 bits per heavy atom. The van der Waals surface area contributed by atoms with E-state index in [9.17, 15) is 37.8 Å². The summed E-state index contributed by atoms with van der Waals surface area (Å²) in [4.78, 5) is 47.9. The van der Waals surface area contributed by atoms with Crippen molar-refractivity contribution in [3.63, 3.8) is 0 Å². The van der Waals surface area contributed by atoms with Crippen molar-refractivity contribution in [2.45, 2.75) is 89.1 Å². The Morgan fingerprint density at radius 2 is 1.84 bits per heavy atom. The maximum atomic E-state index is 14.9. The van der Waals surface area contributed by atoms with Gasteiger partial charge in [0.15, 0.2) is 0 Å². The number of para-hydroxylation sites is 1. The maximum absolute atomic E-state index is 14.9. The van der Waals surface area contributed by atoms with E-state index < -0.39 is 58.2 Å². The smallest absolute Gasteiger partial charge is 0.417 e. The zero-order valence-electron chi connectivity index (χ0n) is 28.9. The van der Waals surface area contributed by atoms with E-state index >= 15 is 0 Å². The van der Waals surface area contributed by atoms with Gasteiger partial charge in [-0.25, -0.2) is 0 Å². The Kier molecular flexibility index (Phi) is 11.6. The molecule has 2 aliphatic heterocycles. The van der Waals surface area contributed by atoms with Crippen molar-refractivity contribution < 1.29 is 47.2 Å². The van der Waals surface area contributed by atoms with Crippen molar-refractivity contribution >= 4 is 29.1 Å². The van der Waals surface area contributed by atoms with E-state index in [4.69, 9.17) is 9.47 Å². The fraction of sp³-hybridized carbons (Fsp3) is 0.514. The fourth-order valence-electron chi connectivity index (χ4n) is 7.12. The number of alkyl halides is 3. The lowest BCUT2D eigenvalue weighted by atomic mass is 9.78. The highest BCUT2D eigenvalue weighted by atomic mass is 32.1. The highest BCUT2D eigenvalue weighted by Crippen LogP contribution is 2.43. The molecular formula is C37H44F3N3O7S. The number of piperidine rings is 2. The number of halogens is 3. The number of pyridine rings is 1. The van der Waals surface area contributed by atoms with Crippen molar-refractivity contribution in [3.8, 4) is 11.5 Å². The van der Waals surface area contributed by atoms with Crippen molar-refractivity contribution in [1.82, 2.24) is 14.8 Å². The Morgan fingerprint density at radius 1 is 1.12 bits per heavy atom. The number of carboxylic acids is 1. The largest absolute Gasteiger partial charge is 0.493 e. The summed E-state index contributed by atoms with van der Waals surface area (Å²) >= 11 is 1.43. The van der Waals surface area contributed by atoms with Crippen LogP contribution in [0.2, 0.25) is 0 Å². The molecule has 276 valence electrons. The number of aromatic nitrogens is 1. The summed E-state index contributed by atoms with van der Waals surface area (Å²) in [7, 11) is 0. The maximum Gasteiger partial charge on any atom is 0.417 e. The molecule has 14 heteroatoms. The molecule has 3 atom stereocenters. The summed E-state index contributed by atoms with van der Waals surface area (Å²) in [6.07, 6.45) is -0.895. The van der Waals surface area contributed by atoms with E-state index in [1.165, 1.54) is 16.2 Å². The van der Waals surface area contributed by atoms with Gasteiger partial charge < -0.3 is 29.5 Å². The molecule has 2 fully saturated rings. The molecule has 51 heavy (non-hydrogen) atoms. The predicted molar refractivity (Wildman–Crippen MR) is 184 cm³/mol. The molecule has 0 saturated carbocycles. The number of nitrogens with zero attached hydrogens (tertiary/aromatic N) is 3. The number of ether oxygens (including phenoxy) is 2. The summed E-state index contributed by atoms with van der Waals surface area (Å²) in [5.74, 6) is -1.90. The van der Waals surface area contributed by atoms with Crippen LogP contribution in [-0.4, -0.2) is 80.7 Å². The van der Waals surface area contributed by atoms with Crippen LogP contribution in [-0.2, 0) is 21.4 Å². The summed E-state index contributed by atoms with van der Waals surface area (Å²) in [6.45, 7) is 5.94. The van der Waals surface area contributed by atoms with Crippen LogP contribution in [0.3, 0.4) is 0 Å². The molecular weight excluding hydrogens is 687 g/mol. The summed E-state index contributed by atoms with van der Waals surface area (Å²) in [6, 6.07) is 8.71. The Bertz CT molecular complexity index is 1710. The van der Waals surface area contributed by atoms with Gasteiger partial charge in [-0.2, -0.15) is 13.2 Å². The standard InChI is InChI=1S/C37H44F3N3O7S/c1-4-8-31-36(50-26-21-25(3)51-23-26,13-7-17-43(31)32(44)27-22-41-16-11-28(27)37(38,39)40)34(47)42-18-14-35(48,15-19-42)29-9-5-6-10-30(29)49-20-12-24(2)33(45)46/h5-6,9-11,16,21-24,31,48H,4,7-8,12-15,17-20H2,1-3H3,(H,45,46)/t24?,31-,36+/m1/s1. The first kappa shape index (κ1) is 38.1. The van der Waals surface area contributed by atoms with Crippen LogP contribution < -0.4 is 9.47 Å². The molecule has 0 radical (unpaired) electrons. The number of aryl methyl sites for hydroxylation is 1. The lowest BCUT2D eigenvalue weighted by Gasteiger charge is -2.51. The third kappa shape index (κ3) is 8.17. The molecule has 2 aromatic heterocycles. The molecule has 5 rings (SSSR count). The Hall–Kier alpha value is -4.17. The number of thiophene rings is 1. The number of hydrogen-bond donors (Lipinski definition) is 2. The highest BCUT2D eigenvalue weighted by Gasteiger charge is 2.56. The molecule has 3 aromatic rings. The van der Waals surface area contributed by atoms with Crippen molar-refractivity contribution in [2.24, 2.45) is 5.92 Å². The normalized spacial score (nSPS) is 21.2. The van der Waals surface area contributed by atoms with Crippen LogP contribution in [0.1, 0.15) is 85.2 Å². The topological polar surface area (TPSA) is 130 Å².